The number of para-hydroxylation sites is 2. The van der Waals surface area contributed by atoms with E-state index in [4.69, 9.17) is 9.15 Å². The van der Waals surface area contributed by atoms with Gasteiger partial charge in [-0.1, -0.05) is 42.5 Å². The summed E-state index contributed by atoms with van der Waals surface area (Å²) in [5, 5.41) is 0. The van der Waals surface area contributed by atoms with Crippen molar-refractivity contribution in [2.45, 2.75) is 19.4 Å². The molecule has 0 aliphatic rings. The van der Waals surface area contributed by atoms with Gasteiger partial charge in [-0.2, -0.15) is 0 Å². The Morgan fingerprint density at radius 2 is 1.78 bits per heavy atom. The Morgan fingerprint density at radius 3 is 2.61 bits per heavy atom. The van der Waals surface area contributed by atoms with E-state index in [0.29, 0.717) is 18.5 Å². The van der Waals surface area contributed by atoms with Crippen molar-refractivity contribution in [2.24, 2.45) is 0 Å². The van der Waals surface area contributed by atoms with Crippen LogP contribution in [-0.4, -0.2) is 17.1 Å². The summed E-state index contributed by atoms with van der Waals surface area (Å²) in [6.45, 7) is 0.728. The Kier molecular flexibility index (Phi) is 4.57. The maximum atomic E-state index is 11.8. The summed E-state index contributed by atoms with van der Waals surface area (Å²) >= 11 is 0. The monoisotopic (exact) mass is 311 g/mol. The first-order valence-electron chi connectivity index (χ1n) is 7.52. The molecule has 1 heterocycles. The predicted octanol–water partition coefficient (Wildman–Crippen LogP) is 2.77. The van der Waals surface area contributed by atoms with Gasteiger partial charge in [0, 0.05) is 6.54 Å². The SMILES string of the molecule is O=C(Cc1ccccc1)OCCCn1c(=O)oc2ccccc21. The van der Waals surface area contributed by atoms with E-state index < -0.39 is 0 Å². The first kappa shape index (κ1) is 15.1. The van der Waals surface area contributed by atoms with Gasteiger partial charge in [-0.05, 0) is 24.1 Å². The number of aromatic nitrogens is 1. The zero-order valence-electron chi connectivity index (χ0n) is 12.6. The van der Waals surface area contributed by atoms with Crippen LogP contribution >= 0.6 is 0 Å². The van der Waals surface area contributed by atoms with Gasteiger partial charge in [0.2, 0.25) is 0 Å². The molecule has 0 fully saturated rings. The molecular weight excluding hydrogens is 294 g/mol. The molecule has 0 bridgehead atoms. The third kappa shape index (κ3) is 3.69. The van der Waals surface area contributed by atoms with Crippen LogP contribution in [0.25, 0.3) is 11.1 Å². The lowest BCUT2D eigenvalue weighted by Crippen LogP contribution is -2.16. The summed E-state index contributed by atoms with van der Waals surface area (Å²) in [6, 6.07) is 16.7. The van der Waals surface area contributed by atoms with Crippen LogP contribution in [0.15, 0.2) is 63.8 Å². The van der Waals surface area contributed by atoms with Crippen molar-refractivity contribution in [1.29, 1.82) is 0 Å². The molecular formula is C18H17NO4. The predicted molar refractivity (Wildman–Crippen MR) is 86.2 cm³/mol. The molecule has 23 heavy (non-hydrogen) atoms. The highest BCUT2D eigenvalue weighted by molar-refractivity contribution is 5.73. The Labute approximate surface area is 133 Å². The molecule has 0 radical (unpaired) electrons. The van der Waals surface area contributed by atoms with Crippen molar-refractivity contribution in [3.05, 3.63) is 70.7 Å². The number of carbonyl (C=O) groups is 1. The Morgan fingerprint density at radius 1 is 1.04 bits per heavy atom. The number of hydrogen-bond acceptors (Lipinski definition) is 4. The maximum absolute atomic E-state index is 11.8. The van der Waals surface area contributed by atoms with E-state index in [1.807, 2.05) is 48.5 Å². The second kappa shape index (κ2) is 6.96. The lowest BCUT2D eigenvalue weighted by molar-refractivity contribution is -0.142. The lowest BCUT2D eigenvalue weighted by Gasteiger charge is -2.05. The Bertz CT molecular complexity index is 848. The fourth-order valence-electron chi connectivity index (χ4n) is 2.45. The minimum atomic E-state index is -0.387. The fourth-order valence-corrected chi connectivity index (χ4v) is 2.45. The van der Waals surface area contributed by atoms with Crippen molar-refractivity contribution in [2.75, 3.05) is 6.61 Å². The smallest absolute Gasteiger partial charge is 0.419 e. The maximum Gasteiger partial charge on any atom is 0.419 e. The molecule has 5 heteroatoms. The van der Waals surface area contributed by atoms with E-state index in [1.54, 1.807) is 10.6 Å². The molecule has 0 saturated carbocycles. The number of hydrogen-bond donors (Lipinski definition) is 0. The van der Waals surface area contributed by atoms with Gasteiger partial charge in [-0.15, -0.1) is 0 Å². The van der Waals surface area contributed by atoms with Crippen molar-refractivity contribution in [3.8, 4) is 0 Å². The molecule has 0 saturated heterocycles. The van der Waals surface area contributed by atoms with Gasteiger partial charge < -0.3 is 9.15 Å². The first-order valence-corrected chi connectivity index (χ1v) is 7.52. The van der Waals surface area contributed by atoms with E-state index in [0.717, 1.165) is 11.1 Å². The van der Waals surface area contributed by atoms with E-state index in [2.05, 4.69) is 0 Å². The second-order valence-electron chi connectivity index (χ2n) is 5.22. The number of aryl methyl sites for hydroxylation is 1. The number of rotatable bonds is 6. The van der Waals surface area contributed by atoms with Gasteiger partial charge in [0.1, 0.15) is 0 Å². The third-order valence-electron chi connectivity index (χ3n) is 3.55. The number of esters is 1. The summed E-state index contributed by atoms with van der Waals surface area (Å²) in [4.78, 5) is 23.5. The summed E-state index contributed by atoms with van der Waals surface area (Å²) < 4.78 is 11.9. The Balaban J connectivity index is 1.50. The van der Waals surface area contributed by atoms with E-state index >= 15 is 0 Å². The van der Waals surface area contributed by atoms with Crippen LogP contribution in [0, 0.1) is 0 Å². The van der Waals surface area contributed by atoms with E-state index in [9.17, 15) is 9.59 Å². The Hall–Kier alpha value is -2.82. The molecule has 0 aliphatic heterocycles. The highest BCUT2D eigenvalue weighted by Crippen LogP contribution is 2.12. The molecule has 3 aromatic rings. The van der Waals surface area contributed by atoms with Gasteiger partial charge in [-0.25, -0.2) is 4.79 Å². The number of oxazole rings is 1. The van der Waals surface area contributed by atoms with Crippen LogP contribution < -0.4 is 5.76 Å². The van der Waals surface area contributed by atoms with Gasteiger partial charge in [0.05, 0.1) is 18.5 Å². The lowest BCUT2D eigenvalue weighted by atomic mass is 10.2. The molecule has 0 spiro atoms. The van der Waals surface area contributed by atoms with Crippen LogP contribution in [0.1, 0.15) is 12.0 Å². The highest BCUT2D eigenvalue weighted by Gasteiger charge is 2.09. The van der Waals surface area contributed by atoms with Crippen molar-refractivity contribution >= 4 is 17.1 Å². The molecule has 1 aromatic heterocycles. The molecule has 0 atom stereocenters. The van der Waals surface area contributed by atoms with Crippen LogP contribution in [0.4, 0.5) is 0 Å². The molecule has 3 rings (SSSR count). The largest absolute Gasteiger partial charge is 0.465 e. The number of benzene rings is 2. The van der Waals surface area contributed by atoms with E-state index in [-0.39, 0.29) is 24.8 Å². The van der Waals surface area contributed by atoms with Crippen LogP contribution in [0.2, 0.25) is 0 Å². The number of carbonyl (C=O) groups excluding carboxylic acids is 1. The van der Waals surface area contributed by atoms with Crippen molar-refractivity contribution in [1.82, 2.24) is 4.57 Å². The van der Waals surface area contributed by atoms with Gasteiger partial charge >= 0.3 is 11.7 Å². The summed E-state index contributed by atoms with van der Waals surface area (Å²) in [5.41, 5.74) is 2.25. The summed E-state index contributed by atoms with van der Waals surface area (Å²) in [5.74, 6) is -0.651. The minimum absolute atomic E-state index is 0.259. The standard InChI is InChI=1S/C18H17NO4/c20-17(13-14-7-2-1-3-8-14)22-12-6-11-19-15-9-4-5-10-16(15)23-18(19)21/h1-5,7-10H,6,11-13H2. The third-order valence-corrected chi connectivity index (χ3v) is 3.55. The van der Waals surface area contributed by atoms with Gasteiger partial charge in [0.25, 0.3) is 0 Å². The summed E-state index contributed by atoms with van der Waals surface area (Å²) in [7, 11) is 0. The topological polar surface area (TPSA) is 61.4 Å². The number of nitrogens with zero attached hydrogens (tertiary/aromatic N) is 1. The molecule has 0 amide bonds. The van der Waals surface area contributed by atoms with Crippen molar-refractivity contribution in [3.63, 3.8) is 0 Å². The first-order chi connectivity index (χ1) is 11.2. The zero-order valence-corrected chi connectivity index (χ0v) is 12.6. The highest BCUT2D eigenvalue weighted by atomic mass is 16.5. The molecule has 2 aromatic carbocycles. The molecule has 118 valence electrons. The minimum Gasteiger partial charge on any atom is -0.465 e. The van der Waals surface area contributed by atoms with Crippen LogP contribution in [-0.2, 0) is 22.5 Å². The van der Waals surface area contributed by atoms with E-state index in [1.165, 1.54) is 0 Å². The number of fused-ring (bicyclic) bond motifs is 1. The quantitative estimate of drug-likeness (QED) is 0.519. The zero-order chi connectivity index (χ0) is 16.1. The van der Waals surface area contributed by atoms with Crippen LogP contribution in [0.3, 0.4) is 0 Å². The summed E-state index contributed by atoms with van der Waals surface area (Å²) in [6.07, 6.45) is 0.819. The average Bonchev–Trinajstić information content (AvgIpc) is 2.88. The van der Waals surface area contributed by atoms with Gasteiger partial charge in [-0.3, -0.25) is 9.36 Å². The van der Waals surface area contributed by atoms with Crippen molar-refractivity contribution < 1.29 is 13.9 Å². The van der Waals surface area contributed by atoms with Gasteiger partial charge in [0.15, 0.2) is 5.58 Å². The normalized spacial score (nSPS) is 10.8. The number of ether oxygens (including phenoxy) is 1. The average molecular weight is 311 g/mol. The van der Waals surface area contributed by atoms with Crippen LogP contribution in [0.5, 0.6) is 0 Å². The molecule has 0 aliphatic carbocycles. The fraction of sp³-hybridized carbons (Fsp3) is 0.222. The molecule has 0 unspecified atom stereocenters. The molecule has 5 nitrogen and oxygen atoms in total. The molecule has 0 N–H and O–H groups in total. The second-order valence-corrected chi connectivity index (χ2v) is 5.22.